The van der Waals surface area contributed by atoms with Crippen LogP contribution in [0.2, 0.25) is 0 Å². The van der Waals surface area contributed by atoms with Crippen LogP contribution >= 0.6 is 0 Å². The highest BCUT2D eigenvalue weighted by Gasteiger charge is 2.66. The van der Waals surface area contributed by atoms with E-state index in [2.05, 4.69) is 27.4 Å². The normalized spacial score (nSPS) is 48.1. The van der Waals surface area contributed by atoms with Crippen molar-refractivity contribution in [2.45, 2.75) is 111 Å². The van der Waals surface area contributed by atoms with Crippen molar-refractivity contribution in [3.05, 3.63) is 12.7 Å². The van der Waals surface area contributed by atoms with Crippen molar-refractivity contribution >= 4 is 5.97 Å². The Hall–Kier alpha value is -0.910. The third kappa shape index (κ3) is 4.39. The molecule has 5 fully saturated rings. The van der Waals surface area contributed by atoms with Gasteiger partial charge in [0.2, 0.25) is 0 Å². The zero-order chi connectivity index (χ0) is 26.3. The number of aliphatic hydroxyl groups excluding tert-OH is 3. The molecule has 206 valence electrons. The van der Waals surface area contributed by atoms with Crippen LogP contribution in [0.15, 0.2) is 12.7 Å². The molecule has 0 aromatic carbocycles. The third-order valence-corrected chi connectivity index (χ3v) is 12.1. The summed E-state index contributed by atoms with van der Waals surface area (Å²) in [5.41, 5.74) is 0.298. The van der Waals surface area contributed by atoms with Gasteiger partial charge in [-0.3, -0.25) is 4.79 Å². The molecule has 5 saturated carbocycles. The van der Waals surface area contributed by atoms with Gasteiger partial charge in [-0.05, 0) is 117 Å². The zero-order valence-electron chi connectivity index (χ0n) is 23.3. The summed E-state index contributed by atoms with van der Waals surface area (Å²) in [6.45, 7) is 12.2. The molecule has 0 radical (unpaired) electrons. The molecule has 5 rings (SSSR count). The number of hydrogen-bond donors (Lipinski definition) is 3. The van der Waals surface area contributed by atoms with E-state index in [4.69, 9.17) is 9.84 Å². The van der Waals surface area contributed by atoms with Crippen LogP contribution in [-0.2, 0) is 9.53 Å². The Balaban J connectivity index is 0.000000967. The topological polar surface area (TPSA) is 87.0 Å². The van der Waals surface area contributed by atoms with Gasteiger partial charge in [-0.25, -0.2) is 0 Å². The van der Waals surface area contributed by atoms with Crippen LogP contribution in [-0.4, -0.2) is 46.7 Å². The highest BCUT2D eigenvalue weighted by molar-refractivity contribution is 5.78. The van der Waals surface area contributed by atoms with E-state index in [9.17, 15) is 15.0 Å². The van der Waals surface area contributed by atoms with E-state index >= 15 is 0 Å². The molecule has 11 unspecified atom stereocenters. The van der Waals surface area contributed by atoms with Crippen LogP contribution in [0.25, 0.3) is 0 Å². The predicted octanol–water partition coefficient (Wildman–Crippen LogP) is 5.51. The van der Waals surface area contributed by atoms with E-state index < -0.39 is 6.10 Å². The van der Waals surface area contributed by atoms with Crippen LogP contribution in [0.5, 0.6) is 0 Å². The number of carbonyl (C=O) groups excluding carboxylic acids is 1. The monoisotopic (exact) mass is 504 g/mol. The summed E-state index contributed by atoms with van der Waals surface area (Å²) in [6, 6.07) is 0. The largest absolute Gasteiger partial charge is 0.462 e. The Morgan fingerprint density at radius 1 is 1.00 bits per heavy atom. The highest BCUT2D eigenvalue weighted by atomic mass is 16.5. The van der Waals surface area contributed by atoms with Crippen LogP contribution in [0.4, 0.5) is 0 Å². The summed E-state index contributed by atoms with van der Waals surface area (Å²) in [4.78, 5) is 13.3. The van der Waals surface area contributed by atoms with Crippen molar-refractivity contribution in [2.24, 2.45) is 51.8 Å². The Kier molecular flexibility index (Phi) is 8.35. The van der Waals surface area contributed by atoms with E-state index in [0.717, 1.165) is 50.9 Å². The number of rotatable bonds is 4. The SMILES string of the molecule is C=CC.CC1C(O)CCC2(C)C1CCC1(C)C3CCC4(C(=O)OCC(O)CO)CCCC4C3CCC21. The number of ether oxygens (including phenoxy) is 1. The molecule has 0 amide bonds. The lowest BCUT2D eigenvalue weighted by atomic mass is 9.37. The lowest BCUT2D eigenvalue weighted by molar-refractivity contribution is -0.202. The van der Waals surface area contributed by atoms with E-state index in [1.54, 1.807) is 6.08 Å². The quantitative estimate of drug-likeness (QED) is 0.347. The number of aliphatic hydroxyl groups is 3. The molecular formula is C31H52O5. The molecule has 5 aliphatic rings. The van der Waals surface area contributed by atoms with Gasteiger partial charge >= 0.3 is 5.97 Å². The second-order valence-corrected chi connectivity index (χ2v) is 13.6. The van der Waals surface area contributed by atoms with Crippen molar-refractivity contribution in [3.63, 3.8) is 0 Å². The molecule has 0 aliphatic heterocycles. The van der Waals surface area contributed by atoms with Crippen molar-refractivity contribution in [2.75, 3.05) is 13.2 Å². The highest BCUT2D eigenvalue weighted by Crippen LogP contribution is 2.71. The molecule has 5 aliphatic carbocycles. The lowest BCUT2D eigenvalue weighted by Crippen LogP contribution is -2.61. The Labute approximate surface area is 219 Å². The molecule has 0 aromatic rings. The summed E-state index contributed by atoms with van der Waals surface area (Å²) in [6.07, 6.45) is 12.9. The molecule has 0 bridgehead atoms. The summed E-state index contributed by atoms with van der Waals surface area (Å²) in [7, 11) is 0. The first-order valence-electron chi connectivity index (χ1n) is 14.8. The van der Waals surface area contributed by atoms with Crippen molar-refractivity contribution < 1.29 is 24.9 Å². The third-order valence-electron chi connectivity index (χ3n) is 12.1. The average Bonchev–Trinajstić information content (AvgIpc) is 3.31. The molecule has 5 nitrogen and oxygen atoms in total. The minimum absolute atomic E-state index is 0.0958. The van der Waals surface area contributed by atoms with Gasteiger partial charge in [-0.15, -0.1) is 6.58 Å². The van der Waals surface area contributed by atoms with Crippen LogP contribution in [0.1, 0.15) is 98.3 Å². The van der Waals surface area contributed by atoms with Crippen molar-refractivity contribution in [1.29, 1.82) is 0 Å². The molecule has 0 aromatic heterocycles. The second-order valence-electron chi connectivity index (χ2n) is 13.6. The van der Waals surface area contributed by atoms with E-state index in [1.807, 2.05) is 6.92 Å². The fourth-order valence-corrected chi connectivity index (χ4v) is 10.5. The van der Waals surface area contributed by atoms with Gasteiger partial charge in [-0.1, -0.05) is 33.3 Å². The fourth-order valence-electron chi connectivity index (χ4n) is 10.5. The lowest BCUT2D eigenvalue weighted by Gasteiger charge is -2.67. The molecule has 0 spiro atoms. The van der Waals surface area contributed by atoms with Gasteiger partial charge in [0.05, 0.1) is 18.1 Å². The summed E-state index contributed by atoms with van der Waals surface area (Å²) < 4.78 is 5.59. The van der Waals surface area contributed by atoms with Gasteiger partial charge in [0, 0.05) is 0 Å². The van der Waals surface area contributed by atoms with Crippen LogP contribution < -0.4 is 0 Å². The maximum absolute atomic E-state index is 13.3. The van der Waals surface area contributed by atoms with Gasteiger partial charge in [0.25, 0.3) is 0 Å². The van der Waals surface area contributed by atoms with Gasteiger partial charge in [0.1, 0.15) is 12.7 Å². The number of fused-ring (bicyclic) bond motifs is 7. The standard InChI is InChI=1S/C28H46O5.C3H6/c1-17-20-8-12-27(3)21-9-14-28(25(32)33-16-18(30)15-29)11-4-5-22(28)19(21)6-7-24(27)26(20,2)13-10-23(17)31;1-3-2/h17-24,29-31H,4-16H2,1-3H3;3H,1H2,2H3. The first kappa shape index (κ1) is 28.1. The van der Waals surface area contributed by atoms with E-state index in [-0.39, 0.29) is 30.7 Å². The van der Waals surface area contributed by atoms with Crippen molar-refractivity contribution in [3.8, 4) is 0 Å². The number of esters is 1. The summed E-state index contributed by atoms with van der Waals surface area (Å²) >= 11 is 0. The minimum Gasteiger partial charge on any atom is -0.462 e. The van der Waals surface area contributed by atoms with E-state index in [1.165, 1.54) is 25.7 Å². The smallest absolute Gasteiger partial charge is 0.312 e. The van der Waals surface area contributed by atoms with Crippen molar-refractivity contribution in [1.82, 2.24) is 0 Å². The van der Waals surface area contributed by atoms with Crippen LogP contribution in [0, 0.1) is 51.8 Å². The maximum atomic E-state index is 13.3. The number of hydrogen-bond acceptors (Lipinski definition) is 5. The second kappa shape index (κ2) is 10.7. The first-order chi connectivity index (χ1) is 17.1. The van der Waals surface area contributed by atoms with E-state index in [0.29, 0.717) is 40.4 Å². The molecule has 0 heterocycles. The molecule has 36 heavy (non-hydrogen) atoms. The average molecular weight is 505 g/mol. The Morgan fingerprint density at radius 3 is 2.33 bits per heavy atom. The zero-order valence-corrected chi connectivity index (χ0v) is 23.3. The van der Waals surface area contributed by atoms with Gasteiger partial charge in [-0.2, -0.15) is 0 Å². The molecule has 3 N–H and O–H groups in total. The summed E-state index contributed by atoms with van der Waals surface area (Å²) in [5.74, 6) is 3.34. The molecule has 0 saturated heterocycles. The maximum Gasteiger partial charge on any atom is 0.312 e. The Morgan fingerprint density at radius 2 is 1.64 bits per heavy atom. The first-order valence-corrected chi connectivity index (χ1v) is 14.8. The van der Waals surface area contributed by atoms with Crippen LogP contribution in [0.3, 0.4) is 0 Å². The van der Waals surface area contributed by atoms with Gasteiger partial charge in [0.15, 0.2) is 0 Å². The van der Waals surface area contributed by atoms with Gasteiger partial charge < -0.3 is 20.1 Å². The molecular weight excluding hydrogens is 452 g/mol. The fraction of sp³-hybridized carbons (Fsp3) is 0.903. The Bertz CT molecular complexity index is 798. The predicted molar refractivity (Wildman–Crippen MR) is 142 cm³/mol. The summed E-state index contributed by atoms with van der Waals surface area (Å²) in [5, 5.41) is 29.4. The molecule has 5 heteroatoms. The molecule has 11 atom stereocenters. The minimum atomic E-state index is -0.983. The number of carbonyl (C=O) groups is 1. The number of allylic oxidation sites excluding steroid dienone is 1.